The summed E-state index contributed by atoms with van der Waals surface area (Å²) in [7, 11) is 1.40. The molecule has 0 spiro atoms. The van der Waals surface area contributed by atoms with Gasteiger partial charge >= 0.3 is 5.97 Å². The second-order valence-electron chi connectivity index (χ2n) is 4.61. The van der Waals surface area contributed by atoms with E-state index in [-0.39, 0.29) is 11.9 Å². The van der Waals surface area contributed by atoms with Gasteiger partial charge in [0.2, 0.25) is 0 Å². The number of alkyl halides is 2. The van der Waals surface area contributed by atoms with Gasteiger partial charge in [0.05, 0.1) is 12.8 Å². The van der Waals surface area contributed by atoms with Crippen LogP contribution in [-0.2, 0) is 9.53 Å². The zero-order valence-electron chi connectivity index (χ0n) is 10.8. The lowest BCUT2D eigenvalue weighted by Crippen LogP contribution is -2.46. The molecule has 102 valence electrons. The maximum absolute atomic E-state index is 12.2. The first-order chi connectivity index (χ1) is 9.03. The minimum absolute atomic E-state index is 0.0521. The van der Waals surface area contributed by atoms with Crippen molar-refractivity contribution in [3.63, 3.8) is 0 Å². The van der Waals surface area contributed by atoms with Gasteiger partial charge in [0, 0.05) is 17.8 Å². The summed E-state index contributed by atoms with van der Waals surface area (Å²) in [5.41, 5.74) is 2.89. The molecule has 0 saturated carbocycles. The van der Waals surface area contributed by atoms with Crippen LogP contribution in [0, 0.1) is 12.8 Å². The molecule has 2 rings (SSSR count). The fourth-order valence-corrected chi connectivity index (χ4v) is 4.16. The van der Waals surface area contributed by atoms with Crippen LogP contribution in [0.15, 0.2) is 29.3 Å². The van der Waals surface area contributed by atoms with Crippen LogP contribution in [0.1, 0.15) is 11.1 Å². The number of methoxy groups -OCH3 is 1. The van der Waals surface area contributed by atoms with Gasteiger partial charge in [-0.25, -0.2) is 0 Å². The average Bonchev–Trinajstić information content (AvgIpc) is 2.77. The first-order valence-corrected chi connectivity index (χ1v) is 7.90. The number of nitrogens with zero attached hydrogens (tertiary/aromatic N) is 1. The van der Waals surface area contributed by atoms with Crippen LogP contribution in [-0.4, -0.2) is 35.0 Å². The van der Waals surface area contributed by atoms with Crippen molar-refractivity contribution in [2.75, 3.05) is 19.0 Å². The van der Waals surface area contributed by atoms with Crippen molar-refractivity contribution in [2.24, 2.45) is 10.9 Å². The Bertz CT molecular complexity index is 513. The number of esters is 1. The van der Waals surface area contributed by atoms with Crippen molar-refractivity contribution in [1.82, 2.24) is 0 Å². The first kappa shape index (κ1) is 14.7. The van der Waals surface area contributed by atoms with Gasteiger partial charge in [0.15, 0.2) is 4.32 Å². The fourth-order valence-electron chi connectivity index (χ4n) is 2.22. The summed E-state index contributed by atoms with van der Waals surface area (Å²) < 4.78 is 4.10. The Labute approximate surface area is 129 Å². The number of aryl methyl sites for hydroxylation is 1. The van der Waals surface area contributed by atoms with Crippen LogP contribution in [0.25, 0.3) is 0 Å². The highest BCUT2D eigenvalue weighted by molar-refractivity contribution is 9.10. The van der Waals surface area contributed by atoms with Gasteiger partial charge in [-0.2, -0.15) is 0 Å². The van der Waals surface area contributed by atoms with Gasteiger partial charge < -0.3 is 4.74 Å². The summed E-state index contributed by atoms with van der Waals surface area (Å²) in [6, 6.07) is 8.02. The number of halogens is 2. The van der Waals surface area contributed by atoms with Crippen LogP contribution in [0.5, 0.6) is 0 Å². The van der Waals surface area contributed by atoms with E-state index in [9.17, 15) is 4.79 Å². The number of ether oxygens (including phenoxy) is 1. The van der Waals surface area contributed by atoms with Crippen molar-refractivity contribution in [3.8, 4) is 0 Å². The number of rotatable bonds is 3. The van der Waals surface area contributed by atoms with Crippen molar-refractivity contribution in [2.45, 2.75) is 11.2 Å². The van der Waals surface area contributed by atoms with E-state index in [1.807, 2.05) is 31.2 Å². The van der Waals surface area contributed by atoms with E-state index in [2.05, 4.69) is 36.9 Å². The molecule has 0 bridgehead atoms. The highest BCUT2D eigenvalue weighted by atomic mass is 79.9. The van der Waals surface area contributed by atoms with Crippen LogP contribution in [0.2, 0.25) is 0 Å². The Balaban J connectivity index is 2.44. The number of hydrogen-bond donors (Lipinski definition) is 0. The largest absolute Gasteiger partial charge is 0.468 e. The lowest BCUT2D eigenvalue weighted by Gasteiger charge is -2.27. The number of hydrogen-bond acceptors (Lipinski definition) is 3. The molecule has 2 unspecified atom stereocenters. The lowest BCUT2D eigenvalue weighted by molar-refractivity contribution is -0.142. The van der Waals surface area contributed by atoms with Gasteiger partial charge in [0.1, 0.15) is 0 Å². The summed E-state index contributed by atoms with van der Waals surface area (Å²) in [4.78, 5) is 16.7. The molecular formula is C14H15Br2NO2. The van der Waals surface area contributed by atoms with E-state index in [1.54, 1.807) is 0 Å². The smallest absolute Gasteiger partial charge is 0.329 e. The fraction of sp³-hybridized carbons (Fsp3) is 0.429. The maximum Gasteiger partial charge on any atom is 0.329 e. The van der Waals surface area contributed by atoms with E-state index < -0.39 is 4.32 Å². The minimum Gasteiger partial charge on any atom is -0.468 e. The quantitative estimate of drug-likeness (QED) is 0.589. The van der Waals surface area contributed by atoms with E-state index in [4.69, 9.17) is 4.74 Å². The number of benzene rings is 1. The Morgan fingerprint density at radius 3 is 2.63 bits per heavy atom. The lowest BCUT2D eigenvalue weighted by atomic mass is 9.88. The standard InChI is InChI=1S/C14H15Br2NO2/c1-9-3-5-10(6-4-9)12-14(16,13(18)19-2)11(7-15)8-17-12/h3-6,11H,7-8H2,1-2H3. The van der Waals surface area contributed by atoms with E-state index in [1.165, 1.54) is 12.7 Å². The summed E-state index contributed by atoms with van der Waals surface area (Å²) in [6.45, 7) is 2.64. The number of carbonyl (C=O) groups is 1. The van der Waals surface area contributed by atoms with E-state index >= 15 is 0 Å². The highest BCUT2D eigenvalue weighted by Gasteiger charge is 2.52. The summed E-state index contributed by atoms with van der Waals surface area (Å²) in [5.74, 6) is -0.245. The normalized spacial score (nSPS) is 26.1. The molecule has 0 aromatic heterocycles. The molecule has 1 aliphatic rings. The van der Waals surface area contributed by atoms with E-state index in [0.29, 0.717) is 11.9 Å². The van der Waals surface area contributed by atoms with Crippen molar-refractivity contribution < 1.29 is 9.53 Å². The minimum atomic E-state index is -0.861. The predicted octanol–water partition coefficient (Wildman–Crippen LogP) is 3.12. The zero-order valence-corrected chi connectivity index (χ0v) is 14.0. The van der Waals surface area contributed by atoms with Gasteiger partial charge in [-0.05, 0) is 12.5 Å². The van der Waals surface area contributed by atoms with Crippen LogP contribution >= 0.6 is 31.9 Å². The second-order valence-corrected chi connectivity index (χ2v) is 6.51. The maximum atomic E-state index is 12.2. The van der Waals surface area contributed by atoms with Gasteiger partial charge in [-0.3, -0.25) is 9.79 Å². The third-order valence-electron chi connectivity index (χ3n) is 3.37. The second kappa shape index (κ2) is 5.75. The molecule has 0 fully saturated rings. The summed E-state index contributed by atoms with van der Waals surface area (Å²) >= 11 is 7.03. The Morgan fingerprint density at radius 2 is 2.11 bits per heavy atom. The van der Waals surface area contributed by atoms with Gasteiger partial charge in [0.25, 0.3) is 0 Å². The molecule has 0 amide bonds. The molecule has 0 N–H and O–H groups in total. The molecule has 5 heteroatoms. The first-order valence-electron chi connectivity index (χ1n) is 5.99. The molecule has 3 nitrogen and oxygen atoms in total. The van der Waals surface area contributed by atoms with Crippen molar-refractivity contribution in [3.05, 3.63) is 35.4 Å². The van der Waals surface area contributed by atoms with Gasteiger partial charge in [-0.15, -0.1) is 0 Å². The average molecular weight is 389 g/mol. The Morgan fingerprint density at radius 1 is 1.47 bits per heavy atom. The molecular weight excluding hydrogens is 374 g/mol. The molecule has 19 heavy (non-hydrogen) atoms. The van der Waals surface area contributed by atoms with Crippen LogP contribution in [0.3, 0.4) is 0 Å². The van der Waals surface area contributed by atoms with Gasteiger partial charge in [-0.1, -0.05) is 61.7 Å². The highest BCUT2D eigenvalue weighted by Crippen LogP contribution is 2.39. The molecule has 1 aromatic carbocycles. The van der Waals surface area contributed by atoms with Crippen molar-refractivity contribution in [1.29, 1.82) is 0 Å². The molecule has 1 aromatic rings. The van der Waals surface area contributed by atoms with Crippen LogP contribution < -0.4 is 0 Å². The SMILES string of the molecule is COC(=O)C1(Br)C(c2ccc(C)cc2)=NCC1CBr. The third kappa shape index (κ3) is 2.50. The zero-order chi connectivity index (χ0) is 14.0. The number of aliphatic imine (C=N–C) groups is 1. The molecule has 2 atom stereocenters. The topological polar surface area (TPSA) is 38.7 Å². The van der Waals surface area contributed by atoms with Crippen LogP contribution in [0.4, 0.5) is 0 Å². The Kier molecular flexibility index (Phi) is 4.46. The predicted molar refractivity (Wildman–Crippen MR) is 83.5 cm³/mol. The molecule has 1 heterocycles. The Hall–Kier alpha value is -0.680. The molecule has 0 saturated heterocycles. The molecule has 0 aliphatic carbocycles. The molecule has 0 radical (unpaired) electrons. The number of carbonyl (C=O) groups excluding carboxylic acids is 1. The van der Waals surface area contributed by atoms with Crippen molar-refractivity contribution >= 4 is 43.5 Å². The summed E-state index contributed by atoms with van der Waals surface area (Å²) in [6.07, 6.45) is 0. The monoisotopic (exact) mass is 387 g/mol. The molecule has 1 aliphatic heterocycles. The van der Waals surface area contributed by atoms with E-state index in [0.717, 1.165) is 11.3 Å². The summed E-state index contributed by atoms with van der Waals surface area (Å²) in [5, 5.41) is 0.687. The third-order valence-corrected chi connectivity index (χ3v) is 5.50.